The smallest absolute Gasteiger partial charge is 0.362 e. The molecule has 0 aliphatic heterocycles. The molecule has 1 aromatic rings. The van der Waals surface area contributed by atoms with Crippen LogP contribution in [0.4, 0.5) is 0 Å². The van der Waals surface area contributed by atoms with Crippen molar-refractivity contribution in [1.29, 1.82) is 0 Å². The first-order chi connectivity index (χ1) is 8.15. The molecule has 0 aliphatic carbocycles. The molecule has 0 spiro atoms. The number of nitrogens with one attached hydrogen (secondary N) is 1. The van der Waals surface area contributed by atoms with Crippen molar-refractivity contribution >= 4 is 11.8 Å². The predicted octanol–water partition coefficient (Wildman–Crippen LogP) is -0.104. The topological polar surface area (TPSA) is 73.3 Å². The summed E-state index contributed by atoms with van der Waals surface area (Å²) in [4.78, 5) is 30.7. The summed E-state index contributed by atoms with van der Waals surface area (Å²) in [5.41, 5.74) is -0.365. The second-order valence-electron chi connectivity index (χ2n) is 3.22. The first-order valence-corrected chi connectivity index (χ1v) is 6.42. The number of methoxy groups -OCH3 is 1. The highest BCUT2D eigenvalue weighted by atomic mass is 32.2. The first-order valence-electron chi connectivity index (χ1n) is 5.20. The molecule has 96 valence electrons. The van der Waals surface area contributed by atoms with Gasteiger partial charge in [-0.25, -0.2) is 4.79 Å². The maximum atomic E-state index is 11.6. The quantitative estimate of drug-likeness (QED) is 0.439. The monoisotopic (exact) mass is 260 g/mol. The molecule has 0 saturated carbocycles. The Morgan fingerprint density at radius 3 is 2.59 bits per heavy atom. The van der Waals surface area contributed by atoms with Gasteiger partial charge in [-0.3, -0.25) is 9.78 Å². The molecule has 1 heterocycles. The van der Waals surface area contributed by atoms with Crippen molar-refractivity contribution in [1.82, 2.24) is 9.71 Å². The van der Waals surface area contributed by atoms with E-state index in [1.54, 1.807) is 13.4 Å². The van der Waals surface area contributed by atoms with Crippen LogP contribution in [0.25, 0.3) is 0 Å². The largest absolute Gasteiger partial charge is 0.406 e. The van der Waals surface area contributed by atoms with Gasteiger partial charge in [0, 0.05) is 7.11 Å². The minimum Gasteiger partial charge on any atom is -0.406 e. The van der Waals surface area contributed by atoms with Gasteiger partial charge in [-0.1, -0.05) is 6.92 Å². The van der Waals surface area contributed by atoms with Gasteiger partial charge in [0.15, 0.2) is 0 Å². The molecule has 0 radical (unpaired) electrons. The fourth-order valence-electron chi connectivity index (χ4n) is 1.38. The average molecular weight is 260 g/mol. The zero-order valence-electron chi connectivity index (χ0n) is 10.1. The summed E-state index contributed by atoms with van der Waals surface area (Å²) in [5, 5.41) is 0.539. The number of ether oxygens (including phenoxy) is 1. The molecule has 0 aromatic carbocycles. The molecule has 0 atom stereocenters. The zero-order chi connectivity index (χ0) is 12.8. The Balaban J connectivity index is 3.18. The molecule has 6 nitrogen and oxygen atoms in total. The Bertz CT molecular complexity index is 480. The SMILES string of the molecule is CCc1c(SC)n(OCCOC)c(=O)[nH]c1=O. The van der Waals surface area contributed by atoms with Crippen LogP contribution in [0.5, 0.6) is 0 Å². The molecule has 0 unspecified atom stereocenters. The van der Waals surface area contributed by atoms with Gasteiger partial charge in [0.2, 0.25) is 0 Å². The molecule has 0 aliphatic rings. The lowest BCUT2D eigenvalue weighted by Crippen LogP contribution is -2.38. The summed E-state index contributed by atoms with van der Waals surface area (Å²) in [6.07, 6.45) is 2.34. The van der Waals surface area contributed by atoms with Gasteiger partial charge in [-0.2, -0.15) is 0 Å². The molecule has 1 rings (SSSR count). The molecule has 1 N–H and O–H groups in total. The maximum absolute atomic E-state index is 11.6. The third-order valence-corrected chi connectivity index (χ3v) is 2.98. The Labute approximate surface area is 103 Å². The Morgan fingerprint density at radius 1 is 1.35 bits per heavy atom. The number of hydrogen-bond acceptors (Lipinski definition) is 5. The minimum atomic E-state index is -0.562. The molecule has 7 heteroatoms. The number of nitrogens with zero attached hydrogens (tertiary/aromatic N) is 1. The van der Waals surface area contributed by atoms with Crippen molar-refractivity contribution in [2.24, 2.45) is 0 Å². The van der Waals surface area contributed by atoms with Crippen LogP contribution >= 0.6 is 11.8 Å². The van der Waals surface area contributed by atoms with Crippen LogP contribution in [-0.4, -0.2) is 36.3 Å². The summed E-state index contributed by atoms with van der Waals surface area (Å²) in [6, 6.07) is 0. The Kier molecular flexibility index (Phi) is 5.30. The number of aromatic amines is 1. The summed E-state index contributed by atoms with van der Waals surface area (Å²) in [6.45, 7) is 2.48. The van der Waals surface area contributed by atoms with Crippen LogP contribution in [-0.2, 0) is 11.2 Å². The van der Waals surface area contributed by atoms with Gasteiger partial charge < -0.3 is 9.57 Å². The average Bonchev–Trinajstić information content (AvgIpc) is 2.31. The lowest BCUT2D eigenvalue weighted by atomic mass is 10.3. The van der Waals surface area contributed by atoms with Crippen LogP contribution < -0.4 is 16.1 Å². The van der Waals surface area contributed by atoms with Crippen LogP contribution in [0, 0.1) is 0 Å². The van der Waals surface area contributed by atoms with E-state index in [9.17, 15) is 9.59 Å². The van der Waals surface area contributed by atoms with Crippen LogP contribution in [0.2, 0.25) is 0 Å². The highest BCUT2D eigenvalue weighted by Crippen LogP contribution is 2.14. The van der Waals surface area contributed by atoms with Gasteiger partial charge >= 0.3 is 5.69 Å². The van der Waals surface area contributed by atoms with E-state index in [2.05, 4.69) is 4.98 Å². The molecule has 0 bridgehead atoms. The van der Waals surface area contributed by atoms with Crippen molar-refractivity contribution < 1.29 is 9.57 Å². The van der Waals surface area contributed by atoms with Crippen molar-refractivity contribution in [3.63, 3.8) is 0 Å². The van der Waals surface area contributed by atoms with E-state index in [0.29, 0.717) is 23.6 Å². The third-order valence-electron chi connectivity index (χ3n) is 2.18. The Hall–Kier alpha value is -1.21. The highest BCUT2D eigenvalue weighted by Gasteiger charge is 2.13. The van der Waals surface area contributed by atoms with E-state index < -0.39 is 5.69 Å². The van der Waals surface area contributed by atoms with E-state index in [1.807, 2.05) is 6.92 Å². The van der Waals surface area contributed by atoms with Gasteiger partial charge in [-0.05, 0) is 12.7 Å². The minimum absolute atomic E-state index is 0.249. The van der Waals surface area contributed by atoms with Crippen molar-refractivity contribution in [3.8, 4) is 0 Å². The molecular weight excluding hydrogens is 244 g/mol. The van der Waals surface area contributed by atoms with E-state index in [-0.39, 0.29) is 12.2 Å². The summed E-state index contributed by atoms with van der Waals surface area (Å²) in [5.74, 6) is 0. The standard InChI is InChI=1S/C10H16N2O4S/c1-4-7-8(13)11-10(14)12(9(7)17-3)16-6-5-15-2/h4-6H2,1-3H3,(H,11,13,14). The van der Waals surface area contributed by atoms with E-state index >= 15 is 0 Å². The molecule has 1 aromatic heterocycles. The predicted molar refractivity (Wildman–Crippen MR) is 65.8 cm³/mol. The van der Waals surface area contributed by atoms with Gasteiger partial charge in [0.25, 0.3) is 5.56 Å². The van der Waals surface area contributed by atoms with Gasteiger partial charge in [0.05, 0.1) is 12.2 Å². The molecule has 0 amide bonds. The molecule has 17 heavy (non-hydrogen) atoms. The van der Waals surface area contributed by atoms with Gasteiger partial charge in [0.1, 0.15) is 11.6 Å². The van der Waals surface area contributed by atoms with E-state index in [0.717, 1.165) is 4.73 Å². The van der Waals surface area contributed by atoms with Crippen LogP contribution in [0.1, 0.15) is 12.5 Å². The zero-order valence-corrected chi connectivity index (χ0v) is 10.9. The summed E-state index contributed by atoms with van der Waals surface area (Å²) >= 11 is 1.31. The highest BCUT2D eigenvalue weighted by molar-refractivity contribution is 7.98. The molecular formula is C10H16N2O4S. The van der Waals surface area contributed by atoms with Crippen LogP contribution in [0.15, 0.2) is 14.6 Å². The van der Waals surface area contributed by atoms with Gasteiger partial charge in [-0.15, -0.1) is 16.5 Å². The van der Waals surface area contributed by atoms with Crippen LogP contribution in [0.3, 0.4) is 0 Å². The van der Waals surface area contributed by atoms with Crippen molar-refractivity contribution in [2.45, 2.75) is 18.4 Å². The normalized spacial score (nSPS) is 10.5. The second kappa shape index (κ2) is 6.51. The Morgan fingerprint density at radius 2 is 2.06 bits per heavy atom. The fraction of sp³-hybridized carbons (Fsp3) is 0.600. The number of thioether (sulfide) groups is 1. The van der Waals surface area contributed by atoms with Crippen molar-refractivity contribution in [2.75, 3.05) is 26.6 Å². The maximum Gasteiger partial charge on any atom is 0.362 e. The number of H-pyrrole nitrogens is 1. The summed E-state index contributed by atoms with van der Waals surface area (Å²) in [7, 11) is 1.55. The number of rotatable bonds is 6. The molecule has 0 fully saturated rings. The summed E-state index contributed by atoms with van der Waals surface area (Å²) < 4.78 is 5.95. The number of hydrogen-bond donors (Lipinski definition) is 1. The first kappa shape index (κ1) is 13.9. The third kappa shape index (κ3) is 3.13. The fourth-order valence-corrected chi connectivity index (χ4v) is 2.17. The second-order valence-corrected chi connectivity index (χ2v) is 4.02. The molecule has 0 saturated heterocycles. The lowest BCUT2D eigenvalue weighted by Gasteiger charge is -2.13. The van der Waals surface area contributed by atoms with Crippen molar-refractivity contribution in [3.05, 3.63) is 26.4 Å². The lowest BCUT2D eigenvalue weighted by molar-refractivity contribution is 0.0374. The number of aromatic nitrogens is 2. The van der Waals surface area contributed by atoms with E-state index in [4.69, 9.17) is 9.57 Å². The van der Waals surface area contributed by atoms with E-state index in [1.165, 1.54) is 11.8 Å².